The SMILES string of the molecule is O=C(O)c1cn2nc(NCCC3CCC3)ccc2n1. The Morgan fingerprint density at radius 3 is 3.00 bits per heavy atom. The van der Waals surface area contributed by atoms with Gasteiger partial charge in [-0.1, -0.05) is 19.3 Å². The molecule has 0 aromatic carbocycles. The number of fused-ring (bicyclic) bond motifs is 1. The number of nitrogens with zero attached hydrogens (tertiary/aromatic N) is 3. The van der Waals surface area contributed by atoms with E-state index in [0.29, 0.717) is 5.65 Å². The molecule has 0 unspecified atom stereocenters. The van der Waals surface area contributed by atoms with Crippen molar-refractivity contribution in [2.45, 2.75) is 25.7 Å². The number of anilines is 1. The van der Waals surface area contributed by atoms with Crippen molar-refractivity contribution >= 4 is 17.4 Å². The zero-order chi connectivity index (χ0) is 13.2. The first-order chi connectivity index (χ1) is 9.22. The Hall–Kier alpha value is -2.11. The second-order valence-corrected chi connectivity index (χ2v) is 4.97. The molecule has 19 heavy (non-hydrogen) atoms. The van der Waals surface area contributed by atoms with Crippen molar-refractivity contribution in [3.8, 4) is 0 Å². The maximum absolute atomic E-state index is 10.8. The van der Waals surface area contributed by atoms with E-state index in [9.17, 15) is 4.79 Å². The Morgan fingerprint density at radius 1 is 1.47 bits per heavy atom. The van der Waals surface area contributed by atoms with Crippen molar-refractivity contribution in [2.24, 2.45) is 5.92 Å². The van der Waals surface area contributed by atoms with Crippen LogP contribution in [0.2, 0.25) is 0 Å². The minimum Gasteiger partial charge on any atom is -0.476 e. The summed E-state index contributed by atoms with van der Waals surface area (Å²) in [5.74, 6) is 0.578. The average Bonchev–Trinajstić information content (AvgIpc) is 2.75. The minimum absolute atomic E-state index is 0.0131. The third-order valence-corrected chi connectivity index (χ3v) is 3.62. The van der Waals surface area contributed by atoms with Crippen LogP contribution in [0.3, 0.4) is 0 Å². The summed E-state index contributed by atoms with van der Waals surface area (Å²) in [5, 5.41) is 16.4. The van der Waals surface area contributed by atoms with Crippen LogP contribution in [0.5, 0.6) is 0 Å². The lowest BCUT2D eigenvalue weighted by Crippen LogP contribution is -2.16. The summed E-state index contributed by atoms with van der Waals surface area (Å²) in [7, 11) is 0. The van der Waals surface area contributed by atoms with Crippen LogP contribution in [0.15, 0.2) is 18.3 Å². The normalized spacial score (nSPS) is 15.4. The summed E-state index contributed by atoms with van der Waals surface area (Å²) >= 11 is 0. The van der Waals surface area contributed by atoms with Crippen molar-refractivity contribution in [3.05, 3.63) is 24.0 Å². The molecule has 1 aliphatic carbocycles. The Labute approximate surface area is 110 Å². The molecular weight excluding hydrogens is 244 g/mol. The van der Waals surface area contributed by atoms with Crippen LogP contribution in [0, 0.1) is 5.92 Å². The number of rotatable bonds is 5. The van der Waals surface area contributed by atoms with E-state index in [-0.39, 0.29) is 5.69 Å². The first-order valence-corrected chi connectivity index (χ1v) is 6.56. The van der Waals surface area contributed by atoms with E-state index >= 15 is 0 Å². The number of carboxylic acid groups (broad SMARTS) is 1. The average molecular weight is 260 g/mol. The Morgan fingerprint density at radius 2 is 2.32 bits per heavy atom. The molecule has 2 aromatic heterocycles. The molecule has 1 fully saturated rings. The van der Waals surface area contributed by atoms with Gasteiger partial charge < -0.3 is 10.4 Å². The van der Waals surface area contributed by atoms with Crippen molar-refractivity contribution in [3.63, 3.8) is 0 Å². The summed E-state index contributed by atoms with van der Waals surface area (Å²) in [6, 6.07) is 3.60. The van der Waals surface area contributed by atoms with E-state index in [1.807, 2.05) is 6.07 Å². The maximum atomic E-state index is 10.8. The molecule has 6 heteroatoms. The van der Waals surface area contributed by atoms with Gasteiger partial charge in [0.25, 0.3) is 0 Å². The van der Waals surface area contributed by atoms with Crippen LogP contribution in [-0.2, 0) is 0 Å². The van der Waals surface area contributed by atoms with E-state index in [4.69, 9.17) is 5.11 Å². The number of carbonyl (C=O) groups is 1. The largest absolute Gasteiger partial charge is 0.476 e. The van der Waals surface area contributed by atoms with Gasteiger partial charge in [0.15, 0.2) is 11.3 Å². The minimum atomic E-state index is -1.04. The lowest BCUT2D eigenvalue weighted by Gasteiger charge is -2.25. The van der Waals surface area contributed by atoms with Crippen LogP contribution >= 0.6 is 0 Å². The molecule has 2 heterocycles. The third kappa shape index (κ3) is 2.52. The number of aromatic nitrogens is 3. The van der Waals surface area contributed by atoms with Crippen molar-refractivity contribution in [1.29, 1.82) is 0 Å². The van der Waals surface area contributed by atoms with Gasteiger partial charge in [-0.25, -0.2) is 14.3 Å². The van der Waals surface area contributed by atoms with Crippen LogP contribution in [0.4, 0.5) is 5.82 Å². The third-order valence-electron chi connectivity index (χ3n) is 3.62. The Balaban J connectivity index is 1.67. The van der Waals surface area contributed by atoms with Gasteiger partial charge in [-0.05, 0) is 24.5 Å². The molecule has 2 N–H and O–H groups in total. The van der Waals surface area contributed by atoms with Crippen LogP contribution in [0.1, 0.15) is 36.2 Å². The van der Waals surface area contributed by atoms with Gasteiger partial charge in [-0.2, -0.15) is 0 Å². The number of hydrogen-bond acceptors (Lipinski definition) is 4. The second kappa shape index (κ2) is 4.87. The van der Waals surface area contributed by atoms with Crippen LogP contribution < -0.4 is 5.32 Å². The number of nitrogens with one attached hydrogen (secondary N) is 1. The highest BCUT2D eigenvalue weighted by Crippen LogP contribution is 2.29. The van der Waals surface area contributed by atoms with Crippen LogP contribution in [-0.4, -0.2) is 32.2 Å². The van der Waals surface area contributed by atoms with Gasteiger partial charge in [-0.3, -0.25) is 0 Å². The van der Waals surface area contributed by atoms with Gasteiger partial charge in [0.2, 0.25) is 0 Å². The van der Waals surface area contributed by atoms with Crippen molar-refractivity contribution < 1.29 is 9.90 Å². The summed E-state index contributed by atoms with van der Waals surface area (Å²) in [6.45, 7) is 0.906. The van der Waals surface area contributed by atoms with Gasteiger partial charge >= 0.3 is 5.97 Å². The van der Waals surface area contributed by atoms with E-state index in [1.54, 1.807) is 6.07 Å². The Kier molecular flexibility index (Phi) is 3.06. The van der Waals surface area contributed by atoms with E-state index in [0.717, 1.165) is 18.3 Å². The van der Waals surface area contributed by atoms with Gasteiger partial charge in [0.05, 0.1) is 6.20 Å². The molecule has 0 atom stereocenters. The van der Waals surface area contributed by atoms with E-state index < -0.39 is 5.97 Å². The molecule has 1 saturated carbocycles. The molecule has 1 aliphatic rings. The predicted octanol–water partition coefficient (Wildman–Crippen LogP) is 2.03. The summed E-state index contributed by atoms with van der Waals surface area (Å²) in [6.07, 6.45) is 6.65. The van der Waals surface area contributed by atoms with Gasteiger partial charge in [-0.15, -0.1) is 5.10 Å². The Bertz CT molecular complexity index is 604. The van der Waals surface area contributed by atoms with E-state index in [1.165, 1.54) is 36.4 Å². The number of carboxylic acids is 1. The molecule has 3 rings (SSSR count). The first-order valence-electron chi connectivity index (χ1n) is 6.56. The van der Waals surface area contributed by atoms with Gasteiger partial charge in [0, 0.05) is 6.54 Å². The highest BCUT2D eigenvalue weighted by atomic mass is 16.4. The van der Waals surface area contributed by atoms with Gasteiger partial charge in [0.1, 0.15) is 5.82 Å². The summed E-state index contributed by atoms with van der Waals surface area (Å²) in [4.78, 5) is 14.8. The number of aromatic carboxylic acids is 1. The highest BCUT2D eigenvalue weighted by Gasteiger charge is 2.16. The smallest absolute Gasteiger partial charge is 0.356 e. The molecule has 6 nitrogen and oxygen atoms in total. The van der Waals surface area contributed by atoms with E-state index in [2.05, 4.69) is 15.4 Å². The molecule has 0 radical (unpaired) electrons. The second-order valence-electron chi connectivity index (χ2n) is 4.97. The predicted molar refractivity (Wildman–Crippen MR) is 70.4 cm³/mol. The molecule has 0 aliphatic heterocycles. The van der Waals surface area contributed by atoms with Crippen LogP contribution in [0.25, 0.3) is 5.65 Å². The standard InChI is InChI=1S/C13H16N4O2/c18-13(19)10-8-17-12(15-10)5-4-11(16-17)14-7-6-9-2-1-3-9/h4-5,8-9H,1-3,6-7H2,(H,14,16)(H,18,19). The zero-order valence-electron chi connectivity index (χ0n) is 10.5. The highest BCUT2D eigenvalue weighted by molar-refractivity contribution is 5.86. The topological polar surface area (TPSA) is 79.5 Å². The number of imidazole rings is 1. The lowest BCUT2D eigenvalue weighted by atomic mass is 9.83. The van der Waals surface area contributed by atoms with Crippen molar-refractivity contribution in [2.75, 3.05) is 11.9 Å². The first kappa shape index (κ1) is 12.0. The summed E-state index contributed by atoms with van der Waals surface area (Å²) in [5.41, 5.74) is 0.557. The fourth-order valence-corrected chi connectivity index (χ4v) is 2.27. The quantitative estimate of drug-likeness (QED) is 0.859. The van der Waals surface area contributed by atoms with Crippen molar-refractivity contribution in [1.82, 2.24) is 14.6 Å². The lowest BCUT2D eigenvalue weighted by molar-refractivity contribution is 0.0691. The molecule has 0 bridgehead atoms. The molecular formula is C13H16N4O2. The monoisotopic (exact) mass is 260 g/mol. The summed E-state index contributed by atoms with van der Waals surface area (Å²) < 4.78 is 1.50. The fourth-order valence-electron chi connectivity index (χ4n) is 2.27. The molecule has 100 valence electrons. The zero-order valence-corrected chi connectivity index (χ0v) is 10.5. The molecule has 0 amide bonds. The molecule has 0 saturated heterocycles. The molecule has 2 aromatic rings. The fraction of sp³-hybridized carbons (Fsp3) is 0.462. The molecule has 0 spiro atoms. The number of hydrogen-bond donors (Lipinski definition) is 2. The maximum Gasteiger partial charge on any atom is 0.356 e.